The van der Waals surface area contributed by atoms with Crippen molar-refractivity contribution < 1.29 is 20.1 Å². The third kappa shape index (κ3) is 8.50. The first kappa shape index (κ1) is 22.9. The monoisotopic (exact) mass is 366 g/mol. The Morgan fingerprint density at radius 1 is 1.19 bits per heavy atom. The Balaban J connectivity index is 2.48. The molecular weight excluding hydrogens is 328 g/mol. The van der Waals surface area contributed by atoms with E-state index in [4.69, 9.17) is 5.11 Å². The Morgan fingerprint density at radius 3 is 2.62 bits per heavy atom. The van der Waals surface area contributed by atoms with Gasteiger partial charge in [-0.1, -0.05) is 57.4 Å². The van der Waals surface area contributed by atoms with Crippen molar-refractivity contribution in [3.8, 4) is 0 Å². The van der Waals surface area contributed by atoms with E-state index in [2.05, 4.69) is 26.0 Å². The van der Waals surface area contributed by atoms with Crippen LogP contribution in [-0.4, -0.2) is 33.5 Å². The average Bonchev–Trinajstić information content (AvgIpc) is 2.96. The maximum absolute atomic E-state index is 10.5. The van der Waals surface area contributed by atoms with E-state index in [-0.39, 0.29) is 18.4 Å². The molecule has 0 spiro atoms. The molecule has 0 aliphatic heterocycles. The third-order valence-electron chi connectivity index (χ3n) is 5.67. The number of hydrogen-bond acceptors (Lipinski definition) is 3. The molecule has 0 aromatic rings. The predicted molar refractivity (Wildman–Crippen MR) is 106 cm³/mol. The van der Waals surface area contributed by atoms with Crippen LogP contribution in [0, 0.1) is 17.8 Å². The van der Waals surface area contributed by atoms with Crippen LogP contribution in [0.5, 0.6) is 0 Å². The number of carboxylic acids is 1. The number of carboxylic acid groups (broad SMARTS) is 1. The lowest BCUT2D eigenvalue weighted by Crippen LogP contribution is -2.20. The van der Waals surface area contributed by atoms with Gasteiger partial charge in [-0.2, -0.15) is 0 Å². The van der Waals surface area contributed by atoms with E-state index in [0.717, 1.165) is 51.4 Å². The van der Waals surface area contributed by atoms with Gasteiger partial charge in [-0.05, 0) is 56.3 Å². The number of hydrogen-bond donors (Lipinski definition) is 3. The van der Waals surface area contributed by atoms with Crippen LogP contribution >= 0.6 is 0 Å². The summed E-state index contributed by atoms with van der Waals surface area (Å²) in [6.45, 7) is 4.31. The molecule has 0 amide bonds. The molecule has 5 unspecified atom stereocenters. The summed E-state index contributed by atoms with van der Waals surface area (Å²) in [7, 11) is 0. The number of aliphatic hydroxyl groups excluding tert-OH is 2. The van der Waals surface area contributed by atoms with E-state index in [9.17, 15) is 15.0 Å². The maximum atomic E-state index is 10.5. The Bertz CT molecular complexity index is 443. The highest BCUT2D eigenvalue weighted by atomic mass is 16.4. The minimum atomic E-state index is -0.752. The molecule has 26 heavy (non-hydrogen) atoms. The van der Waals surface area contributed by atoms with Crippen LogP contribution in [0.1, 0.15) is 78.1 Å². The van der Waals surface area contributed by atoms with Crippen molar-refractivity contribution >= 4 is 5.97 Å². The molecule has 4 heteroatoms. The largest absolute Gasteiger partial charge is 0.481 e. The van der Waals surface area contributed by atoms with Crippen molar-refractivity contribution in [2.45, 2.75) is 90.3 Å². The van der Waals surface area contributed by atoms with E-state index in [1.807, 2.05) is 12.2 Å². The summed E-state index contributed by atoms with van der Waals surface area (Å²) < 4.78 is 0. The number of unbranched alkanes of at least 4 members (excludes halogenated alkanes) is 2. The van der Waals surface area contributed by atoms with E-state index in [1.54, 1.807) is 0 Å². The van der Waals surface area contributed by atoms with Crippen LogP contribution in [-0.2, 0) is 4.79 Å². The Labute approximate surface area is 159 Å². The van der Waals surface area contributed by atoms with E-state index in [0.29, 0.717) is 18.3 Å². The standard InChI is InChI=1S/C22H38O4/c1-3-5-10-17(4-2)20(23)15-13-18-14-16-21(24)19(18)11-8-6-7-9-12-22(25)26/h6,8,13,15,17-21,23-24H,3-5,7,9-12,14,16H2,1-2H3,(H,25,26). The van der Waals surface area contributed by atoms with Crippen LogP contribution in [0.25, 0.3) is 0 Å². The van der Waals surface area contributed by atoms with Gasteiger partial charge < -0.3 is 15.3 Å². The Hall–Kier alpha value is -1.13. The van der Waals surface area contributed by atoms with Crippen molar-refractivity contribution in [1.82, 2.24) is 0 Å². The normalized spacial score (nSPS) is 25.9. The number of aliphatic hydroxyl groups is 2. The highest BCUT2D eigenvalue weighted by Crippen LogP contribution is 2.36. The molecule has 0 heterocycles. The molecule has 1 fully saturated rings. The molecular formula is C22H38O4. The lowest BCUT2D eigenvalue weighted by atomic mass is 9.88. The second-order valence-corrected chi connectivity index (χ2v) is 7.65. The predicted octanol–water partition coefficient (Wildman–Crippen LogP) is 4.71. The van der Waals surface area contributed by atoms with Crippen molar-refractivity contribution in [3.05, 3.63) is 24.3 Å². The summed E-state index contributed by atoms with van der Waals surface area (Å²) in [4.78, 5) is 10.5. The summed E-state index contributed by atoms with van der Waals surface area (Å²) in [5, 5.41) is 29.4. The SMILES string of the molecule is CCCCC(CC)C(O)C=CC1CCC(O)C1CC=CCCCC(=O)O. The maximum Gasteiger partial charge on any atom is 0.303 e. The van der Waals surface area contributed by atoms with E-state index in [1.165, 1.54) is 0 Å². The van der Waals surface area contributed by atoms with Crippen LogP contribution in [0.4, 0.5) is 0 Å². The zero-order chi connectivity index (χ0) is 19.4. The number of rotatable bonds is 13. The van der Waals surface area contributed by atoms with Gasteiger partial charge in [0.1, 0.15) is 0 Å². The summed E-state index contributed by atoms with van der Waals surface area (Å²) in [6.07, 6.45) is 16.1. The first-order valence-electron chi connectivity index (χ1n) is 10.4. The summed E-state index contributed by atoms with van der Waals surface area (Å²) in [6, 6.07) is 0. The molecule has 150 valence electrons. The van der Waals surface area contributed by atoms with Crippen molar-refractivity contribution in [2.24, 2.45) is 17.8 Å². The molecule has 1 aliphatic rings. The van der Waals surface area contributed by atoms with Gasteiger partial charge >= 0.3 is 5.97 Å². The molecule has 5 atom stereocenters. The first-order valence-corrected chi connectivity index (χ1v) is 10.4. The van der Waals surface area contributed by atoms with E-state index < -0.39 is 12.1 Å². The number of aliphatic carboxylic acids is 1. The Kier molecular flexibility index (Phi) is 11.5. The summed E-state index contributed by atoms with van der Waals surface area (Å²) in [5.41, 5.74) is 0. The second kappa shape index (κ2) is 13.1. The molecule has 4 nitrogen and oxygen atoms in total. The fraction of sp³-hybridized carbons (Fsp3) is 0.773. The highest BCUT2D eigenvalue weighted by Gasteiger charge is 2.32. The molecule has 1 rings (SSSR count). The molecule has 3 N–H and O–H groups in total. The zero-order valence-corrected chi connectivity index (χ0v) is 16.5. The molecule has 0 radical (unpaired) electrons. The van der Waals surface area contributed by atoms with Gasteiger partial charge in [-0.25, -0.2) is 0 Å². The quantitative estimate of drug-likeness (QED) is 0.326. The second-order valence-electron chi connectivity index (χ2n) is 7.65. The minimum absolute atomic E-state index is 0.199. The minimum Gasteiger partial charge on any atom is -0.481 e. The fourth-order valence-electron chi connectivity index (χ4n) is 3.89. The smallest absolute Gasteiger partial charge is 0.303 e. The number of allylic oxidation sites excluding steroid dienone is 3. The van der Waals surface area contributed by atoms with Gasteiger partial charge in [0.15, 0.2) is 0 Å². The van der Waals surface area contributed by atoms with Crippen molar-refractivity contribution in [3.63, 3.8) is 0 Å². The molecule has 1 aliphatic carbocycles. The molecule has 0 aromatic heterocycles. The molecule has 0 saturated heterocycles. The van der Waals surface area contributed by atoms with Crippen LogP contribution in [0.15, 0.2) is 24.3 Å². The van der Waals surface area contributed by atoms with Gasteiger partial charge in [-0.3, -0.25) is 4.79 Å². The van der Waals surface area contributed by atoms with Crippen molar-refractivity contribution in [2.75, 3.05) is 0 Å². The lowest BCUT2D eigenvalue weighted by Gasteiger charge is -2.21. The third-order valence-corrected chi connectivity index (χ3v) is 5.67. The van der Waals surface area contributed by atoms with Gasteiger partial charge in [0.2, 0.25) is 0 Å². The van der Waals surface area contributed by atoms with Gasteiger partial charge in [0, 0.05) is 6.42 Å². The fourth-order valence-corrected chi connectivity index (χ4v) is 3.89. The molecule has 0 aromatic carbocycles. The summed E-state index contributed by atoms with van der Waals surface area (Å²) in [5.74, 6) is 0.0831. The topological polar surface area (TPSA) is 77.8 Å². The lowest BCUT2D eigenvalue weighted by molar-refractivity contribution is -0.137. The zero-order valence-electron chi connectivity index (χ0n) is 16.5. The Morgan fingerprint density at radius 2 is 1.96 bits per heavy atom. The molecule has 1 saturated carbocycles. The van der Waals surface area contributed by atoms with Gasteiger partial charge in [0.25, 0.3) is 0 Å². The van der Waals surface area contributed by atoms with E-state index >= 15 is 0 Å². The average molecular weight is 367 g/mol. The molecule has 0 bridgehead atoms. The summed E-state index contributed by atoms with van der Waals surface area (Å²) >= 11 is 0. The first-order chi connectivity index (χ1) is 12.5. The van der Waals surface area contributed by atoms with Gasteiger partial charge in [-0.15, -0.1) is 0 Å². The van der Waals surface area contributed by atoms with Crippen LogP contribution in [0.2, 0.25) is 0 Å². The number of carbonyl (C=O) groups is 1. The highest BCUT2D eigenvalue weighted by molar-refractivity contribution is 5.66. The van der Waals surface area contributed by atoms with Crippen LogP contribution in [0.3, 0.4) is 0 Å². The van der Waals surface area contributed by atoms with Crippen LogP contribution < -0.4 is 0 Å². The van der Waals surface area contributed by atoms with Gasteiger partial charge in [0.05, 0.1) is 12.2 Å². The van der Waals surface area contributed by atoms with Crippen molar-refractivity contribution in [1.29, 1.82) is 0 Å².